The van der Waals surface area contributed by atoms with E-state index in [1.165, 1.54) is 12.1 Å². The molecule has 0 aliphatic carbocycles. The molecule has 0 heterocycles. The number of ether oxygens (including phenoxy) is 1. The highest BCUT2D eigenvalue weighted by Crippen LogP contribution is 2.18. The maximum absolute atomic E-state index is 12.0. The van der Waals surface area contributed by atoms with E-state index in [-0.39, 0.29) is 11.8 Å². The Morgan fingerprint density at radius 2 is 1.88 bits per heavy atom. The Bertz CT molecular complexity index is 330. The summed E-state index contributed by atoms with van der Waals surface area (Å²) in [6.07, 6.45) is 0. The number of alkyl halides is 2. The molecule has 6 heteroatoms. The molecule has 0 bridgehead atoms. The van der Waals surface area contributed by atoms with Crippen molar-refractivity contribution in [1.29, 1.82) is 0 Å². The van der Waals surface area contributed by atoms with E-state index in [9.17, 15) is 8.78 Å². The number of halogens is 2. The van der Waals surface area contributed by atoms with Gasteiger partial charge in [-0.1, -0.05) is 12.1 Å². The monoisotopic (exact) mass is 245 g/mol. The Balaban J connectivity index is 2.70. The fourth-order valence-electron chi connectivity index (χ4n) is 1.46. The molecule has 96 valence electrons. The Kier molecular flexibility index (Phi) is 5.27. The lowest BCUT2D eigenvalue weighted by Gasteiger charge is -2.22. The predicted molar refractivity (Wildman–Crippen MR) is 61.7 cm³/mol. The van der Waals surface area contributed by atoms with Gasteiger partial charge in [0.1, 0.15) is 5.75 Å². The van der Waals surface area contributed by atoms with Crippen LogP contribution in [0.15, 0.2) is 24.3 Å². The van der Waals surface area contributed by atoms with Crippen LogP contribution in [-0.4, -0.2) is 32.3 Å². The fraction of sp³-hybridized carbons (Fsp3) is 0.455. The fourth-order valence-corrected chi connectivity index (χ4v) is 1.46. The molecule has 0 radical (unpaired) electrons. The van der Waals surface area contributed by atoms with E-state index >= 15 is 0 Å². The summed E-state index contributed by atoms with van der Waals surface area (Å²) in [4.78, 5) is 0. The highest BCUT2D eigenvalue weighted by atomic mass is 19.3. The summed E-state index contributed by atoms with van der Waals surface area (Å²) in [7, 11) is 3.72. The van der Waals surface area contributed by atoms with Gasteiger partial charge in [-0.05, 0) is 17.7 Å². The zero-order valence-corrected chi connectivity index (χ0v) is 9.86. The molecule has 1 aromatic rings. The number of nitrogens with two attached hydrogens (primary N) is 1. The zero-order chi connectivity index (χ0) is 12.8. The first-order chi connectivity index (χ1) is 8.02. The lowest BCUT2D eigenvalue weighted by atomic mass is 10.1. The Morgan fingerprint density at radius 3 is 2.29 bits per heavy atom. The Morgan fingerprint density at radius 1 is 1.29 bits per heavy atom. The van der Waals surface area contributed by atoms with Crippen LogP contribution in [0.3, 0.4) is 0 Å². The molecule has 0 aliphatic rings. The molecule has 0 amide bonds. The van der Waals surface area contributed by atoms with Crippen molar-refractivity contribution in [3.8, 4) is 5.75 Å². The molecule has 0 fully saturated rings. The molecule has 17 heavy (non-hydrogen) atoms. The minimum atomic E-state index is -2.80. The van der Waals surface area contributed by atoms with Gasteiger partial charge in [0.2, 0.25) is 0 Å². The van der Waals surface area contributed by atoms with E-state index in [1.54, 1.807) is 17.1 Å². The molecule has 1 rings (SSSR count). The molecule has 0 saturated carbocycles. The van der Waals surface area contributed by atoms with Crippen molar-refractivity contribution in [2.45, 2.75) is 12.7 Å². The summed E-state index contributed by atoms with van der Waals surface area (Å²) < 4.78 is 28.2. The molecule has 0 aliphatic heterocycles. The van der Waals surface area contributed by atoms with Crippen LogP contribution in [0.25, 0.3) is 0 Å². The first kappa shape index (κ1) is 13.8. The molecule has 4 nitrogen and oxygen atoms in total. The number of hydrogen-bond donors (Lipinski definition) is 2. The van der Waals surface area contributed by atoms with Crippen LogP contribution < -0.4 is 15.9 Å². The minimum Gasteiger partial charge on any atom is -0.435 e. The number of hydrazine groups is 1. The summed E-state index contributed by atoms with van der Waals surface area (Å²) in [6.45, 7) is -2.39. The zero-order valence-electron chi connectivity index (χ0n) is 9.86. The SMILES string of the molecule is CN(C)NC(CN)c1ccc(OC(F)F)cc1. The van der Waals surface area contributed by atoms with Crippen LogP contribution in [0.5, 0.6) is 5.75 Å². The van der Waals surface area contributed by atoms with Gasteiger partial charge >= 0.3 is 6.61 Å². The maximum Gasteiger partial charge on any atom is 0.387 e. The molecule has 0 spiro atoms. The van der Waals surface area contributed by atoms with Gasteiger partial charge in [0.25, 0.3) is 0 Å². The number of nitrogens with one attached hydrogen (secondary N) is 1. The van der Waals surface area contributed by atoms with E-state index in [0.717, 1.165) is 5.56 Å². The highest BCUT2D eigenvalue weighted by molar-refractivity contribution is 5.29. The maximum atomic E-state index is 12.0. The lowest BCUT2D eigenvalue weighted by Crippen LogP contribution is -2.37. The van der Waals surface area contributed by atoms with E-state index < -0.39 is 6.61 Å². The Hall–Kier alpha value is -1.24. The molecular weight excluding hydrogens is 228 g/mol. The van der Waals surface area contributed by atoms with E-state index in [1.807, 2.05) is 14.1 Å². The smallest absolute Gasteiger partial charge is 0.387 e. The van der Waals surface area contributed by atoms with Crippen LogP contribution in [0.4, 0.5) is 8.78 Å². The van der Waals surface area contributed by atoms with Gasteiger partial charge in [-0.2, -0.15) is 8.78 Å². The standard InChI is InChI=1S/C11H17F2N3O/c1-16(2)15-10(7-14)8-3-5-9(6-4-8)17-11(12)13/h3-6,10-11,15H,7,14H2,1-2H3. The second-order valence-electron chi connectivity index (χ2n) is 3.76. The van der Waals surface area contributed by atoms with Crippen molar-refractivity contribution < 1.29 is 13.5 Å². The first-order valence-electron chi connectivity index (χ1n) is 5.21. The van der Waals surface area contributed by atoms with Crippen LogP contribution in [0.2, 0.25) is 0 Å². The summed E-state index contributed by atoms with van der Waals surface area (Å²) in [5, 5.41) is 1.79. The van der Waals surface area contributed by atoms with Gasteiger partial charge in [-0.3, -0.25) is 0 Å². The predicted octanol–water partition coefficient (Wildman–Crippen LogP) is 1.35. The van der Waals surface area contributed by atoms with Crippen molar-refractivity contribution >= 4 is 0 Å². The third-order valence-electron chi connectivity index (χ3n) is 2.16. The molecular formula is C11H17F2N3O. The number of nitrogens with zero attached hydrogens (tertiary/aromatic N) is 1. The van der Waals surface area contributed by atoms with Crippen LogP contribution in [-0.2, 0) is 0 Å². The van der Waals surface area contributed by atoms with Gasteiger partial charge in [-0.25, -0.2) is 10.4 Å². The number of rotatable bonds is 6. The van der Waals surface area contributed by atoms with Crippen molar-refractivity contribution in [1.82, 2.24) is 10.4 Å². The average Bonchev–Trinajstić information content (AvgIpc) is 2.26. The van der Waals surface area contributed by atoms with Gasteiger partial charge < -0.3 is 10.5 Å². The third kappa shape index (κ3) is 4.64. The van der Waals surface area contributed by atoms with Gasteiger partial charge in [0.15, 0.2) is 0 Å². The molecule has 0 saturated heterocycles. The number of benzene rings is 1. The third-order valence-corrected chi connectivity index (χ3v) is 2.16. The van der Waals surface area contributed by atoms with Crippen LogP contribution in [0, 0.1) is 0 Å². The van der Waals surface area contributed by atoms with Gasteiger partial charge in [-0.15, -0.1) is 0 Å². The molecule has 3 N–H and O–H groups in total. The molecule has 1 unspecified atom stereocenters. The number of hydrogen-bond acceptors (Lipinski definition) is 4. The normalized spacial score (nSPS) is 13.1. The van der Waals surface area contributed by atoms with E-state index in [0.29, 0.717) is 6.54 Å². The molecule has 1 atom stereocenters. The molecule has 1 aromatic carbocycles. The van der Waals surface area contributed by atoms with Gasteiger partial charge in [0.05, 0.1) is 6.04 Å². The highest BCUT2D eigenvalue weighted by Gasteiger charge is 2.10. The van der Waals surface area contributed by atoms with E-state index in [4.69, 9.17) is 5.73 Å². The quantitative estimate of drug-likeness (QED) is 0.743. The van der Waals surface area contributed by atoms with Crippen molar-refractivity contribution in [3.05, 3.63) is 29.8 Å². The summed E-state index contributed by atoms with van der Waals surface area (Å²) in [6, 6.07) is 6.38. The van der Waals surface area contributed by atoms with Crippen molar-refractivity contribution in [2.75, 3.05) is 20.6 Å². The summed E-state index contributed by atoms with van der Waals surface area (Å²) in [5.74, 6) is 0.143. The van der Waals surface area contributed by atoms with Crippen molar-refractivity contribution in [2.24, 2.45) is 5.73 Å². The lowest BCUT2D eigenvalue weighted by molar-refractivity contribution is -0.0498. The minimum absolute atomic E-state index is 0.0504. The average molecular weight is 245 g/mol. The Labute approximate surface area is 99.3 Å². The van der Waals surface area contributed by atoms with E-state index in [2.05, 4.69) is 10.2 Å². The topological polar surface area (TPSA) is 50.5 Å². The molecule has 0 aromatic heterocycles. The van der Waals surface area contributed by atoms with Crippen LogP contribution >= 0.6 is 0 Å². The van der Waals surface area contributed by atoms with Gasteiger partial charge in [0, 0.05) is 20.6 Å². The second kappa shape index (κ2) is 6.48. The summed E-state index contributed by atoms with van der Waals surface area (Å²) in [5.41, 5.74) is 9.68. The summed E-state index contributed by atoms with van der Waals surface area (Å²) >= 11 is 0. The van der Waals surface area contributed by atoms with Crippen LogP contribution in [0.1, 0.15) is 11.6 Å². The second-order valence-corrected chi connectivity index (χ2v) is 3.76. The first-order valence-corrected chi connectivity index (χ1v) is 5.21. The van der Waals surface area contributed by atoms with Crippen molar-refractivity contribution in [3.63, 3.8) is 0 Å². The largest absolute Gasteiger partial charge is 0.435 e.